The highest BCUT2D eigenvalue weighted by atomic mass is 16.2. The first-order valence-electron chi connectivity index (χ1n) is 4.04. The van der Waals surface area contributed by atoms with Crippen molar-refractivity contribution in [3.05, 3.63) is 42.0 Å². The zero-order valence-electron chi connectivity index (χ0n) is 7.23. The second-order valence-electron chi connectivity index (χ2n) is 2.56. The van der Waals surface area contributed by atoms with Gasteiger partial charge in [-0.3, -0.25) is 0 Å². The number of nitrogens with one attached hydrogen (secondary N) is 1. The van der Waals surface area contributed by atoms with Gasteiger partial charge in [0.15, 0.2) is 0 Å². The third-order valence-corrected chi connectivity index (χ3v) is 1.50. The molecule has 3 heteroatoms. The molecule has 0 saturated heterocycles. The second kappa shape index (κ2) is 4.98. The van der Waals surface area contributed by atoms with E-state index in [1.54, 1.807) is 0 Å². The lowest BCUT2D eigenvalue weighted by Crippen LogP contribution is -2.29. The highest BCUT2D eigenvalue weighted by Gasteiger charge is 1.85. The lowest BCUT2D eigenvalue weighted by atomic mass is 10.2. The molecule has 0 spiro atoms. The molecule has 0 aliphatic carbocycles. The van der Waals surface area contributed by atoms with E-state index in [-0.39, 0.29) is 0 Å². The van der Waals surface area contributed by atoms with Crippen molar-refractivity contribution in [2.24, 2.45) is 5.73 Å². The van der Waals surface area contributed by atoms with Crippen LogP contribution in [0.15, 0.2) is 36.4 Å². The highest BCUT2D eigenvalue weighted by molar-refractivity contribution is 5.71. The van der Waals surface area contributed by atoms with Crippen LogP contribution in [-0.2, 0) is 0 Å². The topological polar surface area (TPSA) is 55.1 Å². The van der Waals surface area contributed by atoms with E-state index in [9.17, 15) is 4.79 Å². The molecule has 0 unspecified atom stereocenters. The fourth-order valence-electron chi connectivity index (χ4n) is 0.919. The van der Waals surface area contributed by atoms with Crippen LogP contribution in [0.1, 0.15) is 5.56 Å². The van der Waals surface area contributed by atoms with Crippen molar-refractivity contribution in [3.63, 3.8) is 0 Å². The molecule has 1 rings (SSSR count). The van der Waals surface area contributed by atoms with Crippen molar-refractivity contribution in [1.29, 1.82) is 0 Å². The maximum atomic E-state index is 10.3. The van der Waals surface area contributed by atoms with Crippen LogP contribution in [0.4, 0.5) is 4.79 Å². The van der Waals surface area contributed by atoms with E-state index in [0.29, 0.717) is 6.54 Å². The summed E-state index contributed by atoms with van der Waals surface area (Å²) in [5.41, 5.74) is 5.99. The Morgan fingerprint density at radius 1 is 1.38 bits per heavy atom. The maximum absolute atomic E-state index is 10.3. The summed E-state index contributed by atoms with van der Waals surface area (Å²) in [5, 5.41) is 2.47. The Labute approximate surface area is 77.3 Å². The summed E-state index contributed by atoms with van der Waals surface area (Å²) in [6.07, 6.45) is 3.77. The Morgan fingerprint density at radius 3 is 2.69 bits per heavy atom. The number of carbonyl (C=O) groups is 1. The fraction of sp³-hybridized carbons (Fsp3) is 0.100. The van der Waals surface area contributed by atoms with Gasteiger partial charge in [-0.05, 0) is 5.56 Å². The van der Waals surface area contributed by atoms with Crippen molar-refractivity contribution in [2.45, 2.75) is 0 Å². The van der Waals surface area contributed by atoms with E-state index < -0.39 is 6.03 Å². The SMILES string of the molecule is NC(=O)NCC=Cc1ccccc1. The van der Waals surface area contributed by atoms with Crippen molar-refractivity contribution in [3.8, 4) is 0 Å². The normalized spacial score (nSPS) is 10.2. The second-order valence-corrected chi connectivity index (χ2v) is 2.56. The molecule has 1 aromatic carbocycles. The van der Waals surface area contributed by atoms with Crippen LogP contribution >= 0.6 is 0 Å². The number of rotatable bonds is 3. The van der Waals surface area contributed by atoms with E-state index in [0.717, 1.165) is 5.56 Å². The number of primary amides is 1. The molecule has 0 aromatic heterocycles. The summed E-state index contributed by atoms with van der Waals surface area (Å²) in [7, 11) is 0. The van der Waals surface area contributed by atoms with Crippen LogP contribution in [0.5, 0.6) is 0 Å². The third kappa shape index (κ3) is 3.96. The lowest BCUT2D eigenvalue weighted by Gasteiger charge is -1.94. The molecular formula is C10H12N2O. The number of urea groups is 1. The minimum atomic E-state index is -0.502. The molecule has 0 heterocycles. The van der Waals surface area contributed by atoms with Gasteiger partial charge in [0.25, 0.3) is 0 Å². The number of benzene rings is 1. The van der Waals surface area contributed by atoms with Crippen molar-refractivity contribution < 1.29 is 4.79 Å². The summed E-state index contributed by atoms with van der Waals surface area (Å²) >= 11 is 0. The zero-order valence-corrected chi connectivity index (χ0v) is 7.23. The summed E-state index contributed by atoms with van der Waals surface area (Å²) in [6.45, 7) is 0.463. The predicted octanol–water partition coefficient (Wildman–Crippen LogP) is 1.37. The average Bonchev–Trinajstić information content (AvgIpc) is 2.14. The highest BCUT2D eigenvalue weighted by Crippen LogP contribution is 1.99. The summed E-state index contributed by atoms with van der Waals surface area (Å²) in [6, 6.07) is 9.35. The van der Waals surface area contributed by atoms with E-state index in [2.05, 4.69) is 5.32 Å². The van der Waals surface area contributed by atoms with Gasteiger partial charge < -0.3 is 11.1 Å². The van der Waals surface area contributed by atoms with Gasteiger partial charge in [0.1, 0.15) is 0 Å². The predicted molar refractivity (Wildman–Crippen MR) is 53.1 cm³/mol. The third-order valence-electron chi connectivity index (χ3n) is 1.50. The van der Waals surface area contributed by atoms with Crippen molar-refractivity contribution in [2.75, 3.05) is 6.54 Å². The Morgan fingerprint density at radius 2 is 2.08 bits per heavy atom. The summed E-state index contributed by atoms with van der Waals surface area (Å²) in [5.74, 6) is 0. The van der Waals surface area contributed by atoms with Crippen LogP contribution < -0.4 is 11.1 Å². The number of hydrogen-bond donors (Lipinski definition) is 2. The van der Waals surface area contributed by atoms with Gasteiger partial charge >= 0.3 is 6.03 Å². The van der Waals surface area contributed by atoms with Crippen molar-refractivity contribution in [1.82, 2.24) is 5.32 Å². The largest absolute Gasteiger partial charge is 0.352 e. The Balaban J connectivity index is 2.37. The van der Waals surface area contributed by atoms with Gasteiger partial charge in [0.05, 0.1) is 0 Å². The number of hydrogen-bond acceptors (Lipinski definition) is 1. The summed E-state index contributed by atoms with van der Waals surface area (Å²) < 4.78 is 0. The van der Waals surface area contributed by atoms with Crippen LogP contribution in [0.25, 0.3) is 6.08 Å². The van der Waals surface area contributed by atoms with Gasteiger partial charge in [0.2, 0.25) is 0 Å². The first-order valence-corrected chi connectivity index (χ1v) is 4.04. The molecule has 1 aromatic rings. The van der Waals surface area contributed by atoms with Crippen LogP contribution in [0.2, 0.25) is 0 Å². The van der Waals surface area contributed by atoms with E-state index >= 15 is 0 Å². The molecule has 0 aliphatic heterocycles. The van der Waals surface area contributed by atoms with Gasteiger partial charge in [-0.2, -0.15) is 0 Å². The van der Waals surface area contributed by atoms with E-state index in [1.165, 1.54) is 0 Å². The molecule has 3 N–H and O–H groups in total. The minimum Gasteiger partial charge on any atom is -0.352 e. The van der Waals surface area contributed by atoms with Gasteiger partial charge in [-0.15, -0.1) is 0 Å². The molecular weight excluding hydrogens is 164 g/mol. The first kappa shape index (κ1) is 9.32. The Bertz CT molecular complexity index is 293. The van der Waals surface area contributed by atoms with Crippen LogP contribution in [-0.4, -0.2) is 12.6 Å². The molecule has 13 heavy (non-hydrogen) atoms. The standard InChI is InChI=1S/C10H12N2O/c11-10(13)12-8-4-7-9-5-2-1-3-6-9/h1-7H,8H2,(H3,11,12,13). The Kier molecular flexibility index (Phi) is 3.57. The number of amides is 2. The van der Waals surface area contributed by atoms with Gasteiger partial charge in [-0.25, -0.2) is 4.79 Å². The number of carbonyl (C=O) groups excluding carboxylic acids is 1. The first-order chi connectivity index (χ1) is 6.29. The molecule has 3 nitrogen and oxygen atoms in total. The molecule has 0 aliphatic rings. The molecule has 0 radical (unpaired) electrons. The monoisotopic (exact) mass is 176 g/mol. The summed E-state index contributed by atoms with van der Waals surface area (Å²) in [4.78, 5) is 10.3. The molecule has 0 atom stereocenters. The van der Waals surface area contributed by atoms with Gasteiger partial charge in [-0.1, -0.05) is 42.5 Å². The quantitative estimate of drug-likeness (QED) is 0.718. The molecule has 68 valence electrons. The molecule has 0 saturated carbocycles. The molecule has 2 amide bonds. The smallest absolute Gasteiger partial charge is 0.312 e. The van der Waals surface area contributed by atoms with Crippen LogP contribution in [0, 0.1) is 0 Å². The van der Waals surface area contributed by atoms with Gasteiger partial charge in [0, 0.05) is 6.54 Å². The number of nitrogens with two attached hydrogens (primary N) is 1. The average molecular weight is 176 g/mol. The lowest BCUT2D eigenvalue weighted by molar-refractivity contribution is 0.250. The minimum absolute atomic E-state index is 0.463. The molecule has 0 fully saturated rings. The Hall–Kier alpha value is -1.77. The van der Waals surface area contributed by atoms with E-state index in [1.807, 2.05) is 42.5 Å². The molecule has 0 bridgehead atoms. The maximum Gasteiger partial charge on any atom is 0.312 e. The zero-order chi connectivity index (χ0) is 9.52. The van der Waals surface area contributed by atoms with E-state index in [4.69, 9.17) is 5.73 Å². The van der Waals surface area contributed by atoms with Crippen molar-refractivity contribution >= 4 is 12.1 Å². The fourth-order valence-corrected chi connectivity index (χ4v) is 0.919. The van der Waals surface area contributed by atoms with Crippen LogP contribution in [0.3, 0.4) is 0 Å².